The van der Waals surface area contributed by atoms with Crippen LogP contribution in [0.25, 0.3) is 0 Å². The van der Waals surface area contributed by atoms with Crippen LogP contribution in [0.1, 0.15) is 40.0 Å². The molecule has 0 radical (unpaired) electrons. The Morgan fingerprint density at radius 3 is 2.56 bits per heavy atom. The maximum atomic E-state index is 10.8. The molecule has 0 bridgehead atoms. The Balaban J connectivity index is 2.42. The van der Waals surface area contributed by atoms with Gasteiger partial charge in [-0.2, -0.15) is 0 Å². The van der Waals surface area contributed by atoms with Gasteiger partial charge in [0.05, 0.1) is 12.6 Å². The Bertz CT molecular complexity index is 226. The molecule has 1 N–H and O–H groups in total. The van der Waals surface area contributed by atoms with E-state index in [0.29, 0.717) is 18.2 Å². The summed E-state index contributed by atoms with van der Waals surface area (Å²) >= 11 is 0. The third kappa shape index (κ3) is 3.46. The Morgan fingerprint density at radius 1 is 1.50 bits per heavy atom. The van der Waals surface area contributed by atoms with Crippen LogP contribution in [0.2, 0.25) is 0 Å². The molecule has 94 valence electrons. The van der Waals surface area contributed by atoms with E-state index in [2.05, 4.69) is 18.7 Å². The van der Waals surface area contributed by atoms with E-state index in [-0.39, 0.29) is 6.54 Å². The lowest BCUT2D eigenvalue weighted by Crippen LogP contribution is -2.53. The number of carbonyl (C=O) groups is 1. The monoisotopic (exact) mass is 229 g/mol. The quantitative estimate of drug-likeness (QED) is 0.722. The first kappa shape index (κ1) is 13.5. The van der Waals surface area contributed by atoms with Crippen LogP contribution in [-0.4, -0.2) is 47.3 Å². The van der Waals surface area contributed by atoms with Crippen LogP contribution >= 0.6 is 0 Å². The third-order valence-electron chi connectivity index (χ3n) is 3.42. The van der Waals surface area contributed by atoms with Crippen molar-refractivity contribution in [2.75, 3.05) is 13.2 Å². The minimum absolute atomic E-state index is 0.151. The molecule has 1 unspecified atom stereocenters. The fraction of sp³-hybridized carbons (Fsp3) is 0.917. The number of carboxylic acid groups (broad SMARTS) is 1. The molecule has 1 saturated carbocycles. The second-order valence-corrected chi connectivity index (χ2v) is 4.53. The zero-order valence-electron chi connectivity index (χ0n) is 10.5. The summed E-state index contributed by atoms with van der Waals surface area (Å²) in [6, 6.07) is 0.728. The summed E-state index contributed by atoms with van der Waals surface area (Å²) in [5, 5.41) is 8.89. The van der Waals surface area contributed by atoms with Crippen LogP contribution in [0, 0.1) is 0 Å². The van der Waals surface area contributed by atoms with Gasteiger partial charge in [-0.1, -0.05) is 6.92 Å². The van der Waals surface area contributed by atoms with Gasteiger partial charge in [-0.15, -0.1) is 0 Å². The van der Waals surface area contributed by atoms with E-state index in [1.807, 2.05) is 6.92 Å². The molecule has 1 fully saturated rings. The maximum Gasteiger partial charge on any atom is 0.317 e. The van der Waals surface area contributed by atoms with Crippen molar-refractivity contribution < 1.29 is 14.6 Å². The van der Waals surface area contributed by atoms with Crippen molar-refractivity contribution >= 4 is 5.97 Å². The van der Waals surface area contributed by atoms with E-state index < -0.39 is 5.97 Å². The van der Waals surface area contributed by atoms with Gasteiger partial charge in [0, 0.05) is 18.7 Å². The molecule has 0 aromatic rings. The molecule has 0 aliphatic heterocycles. The largest absolute Gasteiger partial charge is 0.480 e. The molecule has 0 saturated heterocycles. The molecular weight excluding hydrogens is 206 g/mol. The molecule has 1 aliphatic carbocycles. The summed E-state index contributed by atoms with van der Waals surface area (Å²) in [4.78, 5) is 12.9. The molecule has 1 aliphatic rings. The van der Waals surface area contributed by atoms with E-state index in [4.69, 9.17) is 9.84 Å². The first-order valence-electron chi connectivity index (χ1n) is 6.17. The molecule has 0 heterocycles. The fourth-order valence-electron chi connectivity index (χ4n) is 2.22. The minimum atomic E-state index is -0.736. The Kier molecular flexibility index (Phi) is 5.22. The summed E-state index contributed by atoms with van der Waals surface area (Å²) in [7, 11) is 0. The summed E-state index contributed by atoms with van der Waals surface area (Å²) < 4.78 is 5.50. The molecule has 1 rings (SSSR count). The number of aliphatic carboxylic acids is 1. The van der Waals surface area contributed by atoms with Crippen LogP contribution in [0.5, 0.6) is 0 Å². The van der Waals surface area contributed by atoms with Gasteiger partial charge in [0.2, 0.25) is 0 Å². The first-order valence-corrected chi connectivity index (χ1v) is 6.17. The van der Waals surface area contributed by atoms with Crippen LogP contribution in [0.15, 0.2) is 0 Å². The van der Waals surface area contributed by atoms with Gasteiger partial charge < -0.3 is 9.84 Å². The van der Waals surface area contributed by atoms with E-state index in [1.54, 1.807) is 0 Å². The zero-order valence-corrected chi connectivity index (χ0v) is 10.5. The van der Waals surface area contributed by atoms with Gasteiger partial charge in [-0.05, 0) is 33.1 Å². The molecule has 4 nitrogen and oxygen atoms in total. The average Bonchev–Trinajstić information content (AvgIpc) is 2.18. The van der Waals surface area contributed by atoms with Crippen LogP contribution in [0.4, 0.5) is 0 Å². The standard InChI is InChI=1S/C12H23NO3/c1-4-9(3)13(8-12(14)15)10-6-11(7-10)16-5-2/h9-11H,4-8H2,1-3H3,(H,14,15). The predicted molar refractivity (Wildman–Crippen MR) is 62.5 cm³/mol. The highest BCUT2D eigenvalue weighted by atomic mass is 16.5. The number of hydrogen-bond donors (Lipinski definition) is 1. The van der Waals surface area contributed by atoms with Gasteiger partial charge >= 0.3 is 5.97 Å². The molecule has 16 heavy (non-hydrogen) atoms. The normalized spacial score (nSPS) is 26.5. The highest BCUT2D eigenvalue weighted by molar-refractivity contribution is 5.69. The third-order valence-corrected chi connectivity index (χ3v) is 3.42. The first-order chi connectivity index (χ1) is 7.58. The van der Waals surface area contributed by atoms with Crippen LogP contribution in [0.3, 0.4) is 0 Å². The number of rotatable bonds is 7. The highest BCUT2D eigenvalue weighted by Gasteiger charge is 2.36. The molecule has 4 heteroatoms. The summed E-state index contributed by atoms with van der Waals surface area (Å²) in [6.07, 6.45) is 3.29. The number of ether oxygens (including phenoxy) is 1. The Morgan fingerprint density at radius 2 is 2.12 bits per heavy atom. The fourth-order valence-corrected chi connectivity index (χ4v) is 2.22. The number of carboxylic acids is 1. The lowest BCUT2D eigenvalue weighted by Gasteiger charge is -2.44. The molecule has 0 amide bonds. The maximum absolute atomic E-state index is 10.8. The molecule has 0 spiro atoms. The second-order valence-electron chi connectivity index (χ2n) is 4.53. The Labute approximate surface area is 97.6 Å². The van der Waals surface area contributed by atoms with Crippen molar-refractivity contribution in [1.82, 2.24) is 4.90 Å². The smallest absolute Gasteiger partial charge is 0.317 e. The summed E-state index contributed by atoms with van der Waals surface area (Å²) in [5.41, 5.74) is 0. The molecule has 0 aromatic carbocycles. The van der Waals surface area contributed by atoms with Crippen LogP contribution in [-0.2, 0) is 9.53 Å². The highest BCUT2D eigenvalue weighted by Crippen LogP contribution is 2.30. The van der Waals surface area contributed by atoms with E-state index >= 15 is 0 Å². The minimum Gasteiger partial charge on any atom is -0.480 e. The summed E-state index contributed by atoms with van der Waals surface area (Å²) in [5.74, 6) is -0.736. The summed E-state index contributed by atoms with van der Waals surface area (Å²) in [6.45, 7) is 7.09. The van der Waals surface area contributed by atoms with Crippen LogP contribution < -0.4 is 0 Å². The van der Waals surface area contributed by atoms with Gasteiger partial charge in [0.1, 0.15) is 0 Å². The number of nitrogens with zero attached hydrogens (tertiary/aromatic N) is 1. The second kappa shape index (κ2) is 6.21. The van der Waals surface area contributed by atoms with E-state index in [9.17, 15) is 4.79 Å². The van der Waals surface area contributed by atoms with Crippen molar-refractivity contribution in [3.63, 3.8) is 0 Å². The molecule has 1 atom stereocenters. The van der Waals surface area contributed by atoms with Gasteiger partial charge in [0.15, 0.2) is 0 Å². The molecule has 0 aromatic heterocycles. The average molecular weight is 229 g/mol. The SMILES string of the molecule is CCOC1CC(N(CC(=O)O)C(C)CC)C1. The Hall–Kier alpha value is -0.610. The lowest BCUT2D eigenvalue weighted by molar-refractivity contribution is -0.142. The van der Waals surface area contributed by atoms with E-state index in [1.165, 1.54) is 0 Å². The lowest BCUT2D eigenvalue weighted by atomic mass is 9.86. The van der Waals surface area contributed by atoms with Crippen molar-refractivity contribution in [3.8, 4) is 0 Å². The van der Waals surface area contributed by atoms with Crippen molar-refractivity contribution in [2.24, 2.45) is 0 Å². The predicted octanol–water partition coefficient (Wildman–Crippen LogP) is 1.74. The van der Waals surface area contributed by atoms with Gasteiger partial charge in [0.25, 0.3) is 0 Å². The van der Waals surface area contributed by atoms with Crippen molar-refractivity contribution in [1.29, 1.82) is 0 Å². The number of hydrogen-bond acceptors (Lipinski definition) is 3. The topological polar surface area (TPSA) is 49.8 Å². The van der Waals surface area contributed by atoms with E-state index in [0.717, 1.165) is 25.9 Å². The van der Waals surface area contributed by atoms with Crippen molar-refractivity contribution in [3.05, 3.63) is 0 Å². The van der Waals surface area contributed by atoms with Gasteiger partial charge in [-0.3, -0.25) is 9.69 Å². The molecular formula is C12H23NO3. The zero-order chi connectivity index (χ0) is 12.1. The van der Waals surface area contributed by atoms with Gasteiger partial charge in [-0.25, -0.2) is 0 Å². The van der Waals surface area contributed by atoms with Crippen molar-refractivity contribution in [2.45, 2.75) is 58.2 Å².